The average Bonchev–Trinajstić information content (AvgIpc) is 3.00. The van der Waals surface area contributed by atoms with Gasteiger partial charge in [-0.25, -0.2) is 18.2 Å². The lowest BCUT2D eigenvalue weighted by Gasteiger charge is -2.27. The Morgan fingerprint density at radius 3 is 2.38 bits per heavy atom. The van der Waals surface area contributed by atoms with Gasteiger partial charge >= 0.3 is 6.09 Å². The molecule has 0 unspecified atom stereocenters. The van der Waals surface area contributed by atoms with E-state index < -0.39 is 39.2 Å². The number of benzene rings is 2. The summed E-state index contributed by atoms with van der Waals surface area (Å²) in [5, 5.41) is 2.92. The van der Waals surface area contributed by atoms with Gasteiger partial charge < -0.3 is 19.7 Å². The highest BCUT2D eigenvalue weighted by Gasteiger charge is 2.39. The average molecular weight is 614 g/mol. The molecular weight excluding hydrogens is 582 g/mol. The van der Waals surface area contributed by atoms with E-state index in [4.69, 9.17) is 21.1 Å². The summed E-state index contributed by atoms with van der Waals surface area (Å²) in [6.45, 7) is 4.94. The summed E-state index contributed by atoms with van der Waals surface area (Å²) in [5.74, 6) is -1.11. The van der Waals surface area contributed by atoms with Gasteiger partial charge in [0.25, 0.3) is 5.91 Å². The van der Waals surface area contributed by atoms with Crippen LogP contribution in [0.3, 0.4) is 0 Å². The molecular formula is C30H32ClN3O7S. The molecule has 4 rings (SSSR count). The van der Waals surface area contributed by atoms with Gasteiger partial charge in [0.2, 0.25) is 5.88 Å². The predicted molar refractivity (Wildman–Crippen MR) is 158 cm³/mol. The van der Waals surface area contributed by atoms with Crippen molar-refractivity contribution in [3.63, 3.8) is 0 Å². The van der Waals surface area contributed by atoms with E-state index in [2.05, 4.69) is 10.3 Å². The number of halogens is 1. The smallest absolute Gasteiger partial charge is 0.408 e. The number of ether oxygens (including phenoxy) is 2. The van der Waals surface area contributed by atoms with E-state index in [9.17, 15) is 22.8 Å². The summed E-state index contributed by atoms with van der Waals surface area (Å²) in [4.78, 5) is 45.0. The van der Waals surface area contributed by atoms with E-state index in [0.717, 1.165) is 5.56 Å². The van der Waals surface area contributed by atoms with Crippen LogP contribution in [0.5, 0.6) is 5.88 Å². The fourth-order valence-electron chi connectivity index (χ4n) is 4.42. The second-order valence-corrected chi connectivity index (χ2v) is 13.3. The van der Waals surface area contributed by atoms with Gasteiger partial charge in [-0.15, -0.1) is 0 Å². The molecule has 2 aromatic carbocycles. The fraction of sp³-hybridized carbons (Fsp3) is 0.333. The van der Waals surface area contributed by atoms with Crippen LogP contribution in [-0.4, -0.2) is 55.7 Å². The van der Waals surface area contributed by atoms with Crippen LogP contribution in [-0.2, 0) is 32.3 Å². The maximum Gasteiger partial charge on any atom is 0.408 e. The monoisotopic (exact) mass is 613 g/mol. The molecule has 1 atom stereocenters. The standard InChI is InChI=1S/C30H32ClN3O7S/c1-30(2,3)41-29(37)33-23-18-42(38,39)26-13-9-21(25(35)12-7-19-8-14-27(40-4)32-16-19)15-24(26)34(28(23)36)17-20-5-10-22(31)11-6-20/h5-6,8-11,13-16,23H,7,12,17-18H2,1-4H3,(H,33,37)/t23-/m0/s1. The van der Waals surface area contributed by atoms with Crippen LogP contribution < -0.4 is 15.0 Å². The van der Waals surface area contributed by atoms with Crippen LogP contribution in [0.2, 0.25) is 5.02 Å². The minimum absolute atomic E-state index is 0.0276. The number of carbonyl (C=O) groups excluding carboxylic acids is 3. The van der Waals surface area contributed by atoms with Crippen LogP contribution in [0, 0.1) is 0 Å². The van der Waals surface area contributed by atoms with Crippen LogP contribution in [0.15, 0.2) is 65.7 Å². The number of Topliss-reactive ketones (excluding diaryl/α,β-unsaturated/α-hetero) is 1. The van der Waals surface area contributed by atoms with Crippen molar-refractivity contribution in [2.75, 3.05) is 17.8 Å². The van der Waals surface area contributed by atoms with Gasteiger partial charge in [0.05, 0.1) is 30.0 Å². The topological polar surface area (TPSA) is 132 Å². The Bertz CT molecular complexity index is 1580. The molecule has 0 spiro atoms. The first kappa shape index (κ1) is 31.0. The van der Waals surface area contributed by atoms with Gasteiger partial charge in [-0.1, -0.05) is 29.8 Å². The second kappa shape index (κ2) is 12.5. The quantitative estimate of drug-likeness (QED) is 0.359. The molecule has 1 aliphatic heterocycles. The van der Waals surface area contributed by atoms with E-state index in [0.29, 0.717) is 22.9 Å². The SMILES string of the molecule is COc1ccc(CCC(=O)c2ccc3c(c2)N(Cc2ccc(Cl)cc2)C(=O)[C@@H](NC(=O)OC(C)(C)C)CS3(=O)=O)cn1. The predicted octanol–water partition coefficient (Wildman–Crippen LogP) is 4.77. The molecule has 0 fully saturated rings. The first-order valence-electron chi connectivity index (χ1n) is 13.2. The van der Waals surface area contributed by atoms with E-state index in [1.807, 2.05) is 6.07 Å². The Kier molecular flexibility index (Phi) is 9.22. The minimum Gasteiger partial charge on any atom is -0.481 e. The molecule has 1 aliphatic rings. The van der Waals surface area contributed by atoms with E-state index >= 15 is 0 Å². The maximum atomic E-state index is 13.9. The van der Waals surface area contributed by atoms with Crippen LogP contribution in [0.4, 0.5) is 10.5 Å². The Balaban J connectivity index is 1.68. The van der Waals surface area contributed by atoms with E-state index in [-0.39, 0.29) is 34.9 Å². The second-order valence-electron chi connectivity index (χ2n) is 10.8. The number of aryl methyl sites for hydroxylation is 1. The highest BCUT2D eigenvalue weighted by molar-refractivity contribution is 7.91. The van der Waals surface area contributed by atoms with E-state index in [1.54, 1.807) is 57.3 Å². The first-order chi connectivity index (χ1) is 19.8. The molecule has 10 nitrogen and oxygen atoms in total. The van der Waals surface area contributed by atoms with Gasteiger partial charge in [0, 0.05) is 29.3 Å². The number of anilines is 1. The zero-order chi connectivity index (χ0) is 30.7. The highest BCUT2D eigenvalue weighted by Crippen LogP contribution is 2.33. The van der Waals surface area contributed by atoms with E-state index in [1.165, 1.54) is 30.2 Å². The van der Waals surface area contributed by atoms with Crippen LogP contribution in [0.1, 0.15) is 48.7 Å². The fourth-order valence-corrected chi connectivity index (χ4v) is 6.16. The molecule has 0 saturated carbocycles. The van der Waals surface area contributed by atoms with Crippen molar-refractivity contribution in [3.8, 4) is 5.88 Å². The summed E-state index contributed by atoms with van der Waals surface area (Å²) >= 11 is 6.04. The molecule has 2 heterocycles. The van der Waals surface area contributed by atoms with Gasteiger partial charge in [-0.2, -0.15) is 0 Å². The van der Waals surface area contributed by atoms with Gasteiger partial charge in [-0.05, 0) is 68.7 Å². The van der Waals surface area contributed by atoms with Gasteiger partial charge in [-0.3, -0.25) is 9.59 Å². The van der Waals surface area contributed by atoms with Crippen molar-refractivity contribution >= 4 is 44.9 Å². The molecule has 0 radical (unpaired) electrons. The Hall–Kier alpha value is -3.96. The number of nitrogens with zero attached hydrogens (tertiary/aromatic N) is 2. The normalized spacial score (nSPS) is 16.3. The molecule has 2 amide bonds. The number of pyridine rings is 1. The largest absolute Gasteiger partial charge is 0.481 e. The molecule has 0 saturated heterocycles. The summed E-state index contributed by atoms with van der Waals surface area (Å²) in [6.07, 6.45) is 1.24. The number of hydrogen-bond acceptors (Lipinski definition) is 8. The summed E-state index contributed by atoms with van der Waals surface area (Å²) in [6, 6.07) is 13.0. The number of carbonyl (C=O) groups is 3. The third kappa shape index (κ3) is 7.65. The number of alkyl carbamates (subject to hydrolysis) is 1. The van der Waals surface area contributed by atoms with Gasteiger partial charge in [0.15, 0.2) is 15.6 Å². The summed E-state index contributed by atoms with van der Waals surface area (Å²) in [5.41, 5.74) is 0.938. The lowest BCUT2D eigenvalue weighted by atomic mass is 10.0. The van der Waals surface area contributed by atoms with Crippen molar-refractivity contribution in [3.05, 3.63) is 82.5 Å². The molecule has 222 valence electrons. The lowest BCUT2D eigenvalue weighted by Crippen LogP contribution is -2.51. The molecule has 1 aromatic heterocycles. The zero-order valence-corrected chi connectivity index (χ0v) is 25.3. The third-order valence-corrected chi connectivity index (χ3v) is 8.49. The number of rotatable bonds is 8. The van der Waals surface area contributed by atoms with Gasteiger partial charge in [0.1, 0.15) is 11.6 Å². The molecule has 0 aliphatic carbocycles. The Morgan fingerprint density at radius 1 is 1.07 bits per heavy atom. The number of aromatic nitrogens is 1. The van der Waals surface area contributed by atoms with Crippen molar-refractivity contribution in [2.24, 2.45) is 0 Å². The highest BCUT2D eigenvalue weighted by atomic mass is 35.5. The number of sulfone groups is 1. The van der Waals surface area contributed by atoms with Crippen molar-refractivity contribution in [2.45, 2.75) is 56.7 Å². The lowest BCUT2D eigenvalue weighted by molar-refractivity contribution is -0.120. The van der Waals surface area contributed by atoms with Crippen molar-refractivity contribution in [1.29, 1.82) is 0 Å². The zero-order valence-electron chi connectivity index (χ0n) is 23.7. The molecule has 3 aromatic rings. The number of amides is 2. The van der Waals surface area contributed by atoms with Crippen LogP contribution >= 0.6 is 11.6 Å². The number of hydrogen-bond donors (Lipinski definition) is 1. The maximum absolute atomic E-state index is 13.9. The number of ketones is 1. The number of fused-ring (bicyclic) bond motifs is 1. The number of methoxy groups -OCH3 is 1. The molecule has 12 heteroatoms. The first-order valence-corrected chi connectivity index (χ1v) is 15.2. The number of nitrogens with one attached hydrogen (secondary N) is 1. The minimum atomic E-state index is -4.07. The molecule has 1 N–H and O–H groups in total. The van der Waals surface area contributed by atoms with Crippen LogP contribution in [0.25, 0.3) is 0 Å². The Labute approximate surface area is 249 Å². The van der Waals surface area contributed by atoms with Crippen molar-refractivity contribution in [1.82, 2.24) is 10.3 Å². The Morgan fingerprint density at radius 2 is 1.76 bits per heavy atom. The summed E-state index contributed by atoms with van der Waals surface area (Å²) in [7, 11) is -2.56. The summed E-state index contributed by atoms with van der Waals surface area (Å²) < 4.78 is 37.4. The molecule has 0 bridgehead atoms. The third-order valence-electron chi connectivity index (χ3n) is 6.45. The molecule has 42 heavy (non-hydrogen) atoms. The van der Waals surface area contributed by atoms with Crippen molar-refractivity contribution < 1.29 is 32.3 Å².